The van der Waals surface area contributed by atoms with Crippen molar-refractivity contribution < 1.29 is 0 Å². The van der Waals surface area contributed by atoms with Gasteiger partial charge in [0.05, 0.1) is 0 Å². The molecule has 0 bridgehead atoms. The highest BCUT2D eigenvalue weighted by Gasteiger charge is 2.29. The molecule has 0 aliphatic carbocycles. The molecule has 0 spiro atoms. The number of hydrogen-bond donors (Lipinski definition) is 2. The quantitative estimate of drug-likeness (QED) is 0.636. The van der Waals surface area contributed by atoms with Crippen molar-refractivity contribution in [3.8, 4) is 0 Å². The summed E-state index contributed by atoms with van der Waals surface area (Å²) in [5.74, 6) is 0. The van der Waals surface area contributed by atoms with E-state index in [1.54, 1.807) is 0 Å². The van der Waals surface area contributed by atoms with E-state index in [2.05, 4.69) is 24.5 Å². The normalized spacial score (nSPS) is 29.2. The molecule has 11 heavy (non-hydrogen) atoms. The zero-order valence-corrected chi connectivity index (χ0v) is 7.91. The van der Waals surface area contributed by atoms with Gasteiger partial charge in [-0.15, -0.1) is 0 Å². The van der Waals surface area contributed by atoms with Crippen molar-refractivity contribution in [1.82, 2.24) is 10.6 Å². The molecule has 2 nitrogen and oxygen atoms in total. The summed E-state index contributed by atoms with van der Waals surface area (Å²) in [6, 6.07) is 0.748. The van der Waals surface area contributed by atoms with Crippen LogP contribution < -0.4 is 10.6 Å². The summed E-state index contributed by atoms with van der Waals surface area (Å²) >= 11 is 0. The monoisotopic (exact) mass is 156 g/mol. The molecular weight excluding hydrogens is 136 g/mol. The maximum absolute atomic E-state index is 3.54. The van der Waals surface area contributed by atoms with Crippen molar-refractivity contribution in [1.29, 1.82) is 0 Å². The predicted molar refractivity (Wildman–Crippen MR) is 48.7 cm³/mol. The Morgan fingerprint density at radius 1 is 1.55 bits per heavy atom. The Balaban J connectivity index is 2.20. The molecule has 1 atom stereocenters. The van der Waals surface area contributed by atoms with Crippen molar-refractivity contribution in [2.75, 3.05) is 20.1 Å². The number of rotatable bonds is 3. The van der Waals surface area contributed by atoms with Crippen LogP contribution >= 0.6 is 0 Å². The first-order valence-corrected chi connectivity index (χ1v) is 4.52. The molecule has 1 heterocycles. The zero-order chi connectivity index (χ0) is 8.32. The van der Waals surface area contributed by atoms with Crippen LogP contribution in [0.1, 0.15) is 26.7 Å². The van der Waals surface area contributed by atoms with Crippen molar-refractivity contribution in [2.45, 2.75) is 32.7 Å². The van der Waals surface area contributed by atoms with Gasteiger partial charge in [0.1, 0.15) is 0 Å². The van der Waals surface area contributed by atoms with Crippen molar-refractivity contribution in [3.63, 3.8) is 0 Å². The maximum Gasteiger partial charge on any atom is 0.00849 e. The molecule has 2 heteroatoms. The van der Waals surface area contributed by atoms with E-state index in [1.165, 1.54) is 19.4 Å². The summed E-state index contributed by atoms with van der Waals surface area (Å²) in [6.45, 7) is 6.98. The smallest absolute Gasteiger partial charge is 0.00849 e. The van der Waals surface area contributed by atoms with Crippen LogP contribution in [0.2, 0.25) is 0 Å². The largest absolute Gasteiger partial charge is 0.320 e. The number of nitrogens with one attached hydrogen (secondary N) is 2. The Labute approximate surface area is 69.8 Å². The van der Waals surface area contributed by atoms with Crippen LogP contribution in [-0.2, 0) is 0 Å². The van der Waals surface area contributed by atoms with Gasteiger partial charge in [0.25, 0.3) is 0 Å². The topological polar surface area (TPSA) is 24.1 Å². The van der Waals surface area contributed by atoms with Gasteiger partial charge in [0.15, 0.2) is 0 Å². The second-order valence-electron chi connectivity index (χ2n) is 4.34. The van der Waals surface area contributed by atoms with Gasteiger partial charge in [0, 0.05) is 12.6 Å². The molecule has 0 aromatic carbocycles. The zero-order valence-electron chi connectivity index (χ0n) is 7.91. The lowest BCUT2D eigenvalue weighted by molar-refractivity contribution is 0.397. The lowest BCUT2D eigenvalue weighted by Gasteiger charge is -2.15. The molecule has 0 radical (unpaired) electrons. The SMILES string of the molecule is CNCCC1CC(C)(C)CN1. The minimum atomic E-state index is 0.526. The van der Waals surface area contributed by atoms with E-state index < -0.39 is 0 Å². The van der Waals surface area contributed by atoms with Gasteiger partial charge >= 0.3 is 0 Å². The van der Waals surface area contributed by atoms with E-state index in [4.69, 9.17) is 0 Å². The first-order valence-electron chi connectivity index (χ1n) is 4.52. The Kier molecular flexibility index (Phi) is 2.90. The molecule has 1 unspecified atom stereocenters. The summed E-state index contributed by atoms with van der Waals surface area (Å²) in [7, 11) is 2.01. The highest BCUT2D eigenvalue weighted by molar-refractivity contribution is 4.87. The molecule has 2 N–H and O–H groups in total. The van der Waals surface area contributed by atoms with Gasteiger partial charge in [0.2, 0.25) is 0 Å². The average Bonchev–Trinajstić information content (AvgIpc) is 2.26. The van der Waals surface area contributed by atoms with E-state index in [-0.39, 0.29) is 0 Å². The third kappa shape index (κ3) is 2.80. The standard InChI is InChI=1S/C9H20N2/c1-9(2)6-8(11-7-9)4-5-10-3/h8,10-11H,4-7H2,1-3H3. The van der Waals surface area contributed by atoms with Gasteiger partial charge in [-0.2, -0.15) is 0 Å². The average molecular weight is 156 g/mol. The fraction of sp³-hybridized carbons (Fsp3) is 1.00. The van der Waals surface area contributed by atoms with Crippen LogP contribution in [0.3, 0.4) is 0 Å². The molecule has 1 fully saturated rings. The summed E-state index contributed by atoms with van der Waals surface area (Å²) in [4.78, 5) is 0. The molecular formula is C9H20N2. The molecule has 66 valence electrons. The Hall–Kier alpha value is -0.0800. The van der Waals surface area contributed by atoms with Crippen LogP contribution in [0, 0.1) is 5.41 Å². The second-order valence-corrected chi connectivity index (χ2v) is 4.34. The maximum atomic E-state index is 3.54. The molecule has 1 aliphatic rings. The highest BCUT2D eigenvalue weighted by Crippen LogP contribution is 2.27. The first kappa shape index (κ1) is 9.01. The fourth-order valence-electron chi connectivity index (χ4n) is 1.75. The lowest BCUT2D eigenvalue weighted by Crippen LogP contribution is -2.25. The minimum Gasteiger partial charge on any atom is -0.320 e. The van der Waals surface area contributed by atoms with Crippen molar-refractivity contribution >= 4 is 0 Å². The number of hydrogen-bond acceptors (Lipinski definition) is 2. The van der Waals surface area contributed by atoms with Gasteiger partial charge in [-0.1, -0.05) is 13.8 Å². The molecule has 1 saturated heterocycles. The van der Waals surface area contributed by atoms with Gasteiger partial charge in [-0.25, -0.2) is 0 Å². The second kappa shape index (κ2) is 3.55. The Morgan fingerprint density at radius 2 is 2.27 bits per heavy atom. The van der Waals surface area contributed by atoms with Crippen LogP contribution in [0.15, 0.2) is 0 Å². The van der Waals surface area contributed by atoms with Gasteiger partial charge in [-0.3, -0.25) is 0 Å². The molecule has 1 aliphatic heterocycles. The van der Waals surface area contributed by atoms with Crippen LogP contribution in [0.4, 0.5) is 0 Å². The van der Waals surface area contributed by atoms with E-state index in [1.807, 2.05) is 7.05 Å². The van der Waals surface area contributed by atoms with Gasteiger partial charge in [-0.05, 0) is 31.8 Å². The summed E-state index contributed by atoms with van der Waals surface area (Å²) in [5.41, 5.74) is 0.526. The molecule has 0 aromatic heterocycles. The highest BCUT2D eigenvalue weighted by atomic mass is 15.0. The Bertz CT molecular complexity index is 121. The van der Waals surface area contributed by atoms with E-state index >= 15 is 0 Å². The third-order valence-electron chi connectivity index (χ3n) is 2.41. The van der Waals surface area contributed by atoms with Crippen molar-refractivity contribution in [2.24, 2.45) is 5.41 Å². The molecule has 0 saturated carbocycles. The molecule has 0 amide bonds. The fourth-order valence-corrected chi connectivity index (χ4v) is 1.75. The van der Waals surface area contributed by atoms with Gasteiger partial charge < -0.3 is 10.6 Å². The minimum absolute atomic E-state index is 0.526. The van der Waals surface area contributed by atoms with Crippen molar-refractivity contribution in [3.05, 3.63) is 0 Å². The van der Waals surface area contributed by atoms with E-state index in [0.29, 0.717) is 5.41 Å². The summed E-state index contributed by atoms with van der Waals surface area (Å²) in [6.07, 6.45) is 2.59. The van der Waals surface area contributed by atoms with Crippen LogP contribution in [0.25, 0.3) is 0 Å². The van der Waals surface area contributed by atoms with Crippen LogP contribution in [-0.4, -0.2) is 26.2 Å². The van der Waals surface area contributed by atoms with Crippen LogP contribution in [0.5, 0.6) is 0 Å². The third-order valence-corrected chi connectivity index (χ3v) is 2.41. The summed E-state index contributed by atoms with van der Waals surface area (Å²) in [5, 5.41) is 6.72. The molecule has 1 rings (SSSR count). The predicted octanol–water partition coefficient (Wildman–Crippen LogP) is 0.984. The molecule has 0 aromatic rings. The first-order chi connectivity index (χ1) is 5.14. The Morgan fingerprint density at radius 3 is 2.73 bits per heavy atom. The summed E-state index contributed by atoms with van der Waals surface area (Å²) < 4.78 is 0. The van der Waals surface area contributed by atoms with E-state index in [0.717, 1.165) is 12.6 Å². The lowest BCUT2D eigenvalue weighted by atomic mass is 9.90. The van der Waals surface area contributed by atoms with E-state index in [9.17, 15) is 0 Å².